The summed E-state index contributed by atoms with van der Waals surface area (Å²) in [5, 5.41) is 3.33. The molecule has 3 nitrogen and oxygen atoms in total. The van der Waals surface area contributed by atoms with Crippen molar-refractivity contribution in [3.63, 3.8) is 0 Å². The molecule has 1 aliphatic heterocycles. The second-order valence-corrected chi connectivity index (χ2v) is 3.99. The van der Waals surface area contributed by atoms with Gasteiger partial charge in [-0.15, -0.1) is 0 Å². The fourth-order valence-corrected chi connectivity index (χ4v) is 2.03. The maximum absolute atomic E-state index is 5.45. The second-order valence-electron chi connectivity index (χ2n) is 3.23. The van der Waals surface area contributed by atoms with E-state index in [1.807, 2.05) is 13.0 Å². The zero-order valence-corrected chi connectivity index (χ0v) is 9.73. The lowest BCUT2D eigenvalue weighted by molar-refractivity contribution is 0.336. The average Bonchev–Trinajstić information content (AvgIpc) is 2.19. The van der Waals surface area contributed by atoms with E-state index in [9.17, 15) is 0 Å². The predicted molar refractivity (Wildman–Crippen MR) is 59.9 cm³/mol. The lowest BCUT2D eigenvalue weighted by Gasteiger charge is -2.18. The first-order valence-electron chi connectivity index (χ1n) is 4.87. The van der Waals surface area contributed by atoms with Crippen LogP contribution in [0.4, 0.5) is 5.69 Å². The number of ether oxygens (including phenoxy) is 1. The summed E-state index contributed by atoms with van der Waals surface area (Å²) < 4.78 is 6.26. The molecule has 1 aliphatic rings. The zero-order chi connectivity index (χ0) is 9.97. The summed E-state index contributed by atoms with van der Waals surface area (Å²) in [5.74, 6) is 0.820. The molecule has 76 valence electrons. The first-order chi connectivity index (χ1) is 6.81. The number of aromatic nitrogens is 1. The van der Waals surface area contributed by atoms with Crippen LogP contribution >= 0.6 is 15.9 Å². The van der Waals surface area contributed by atoms with E-state index in [2.05, 4.69) is 26.2 Å². The molecule has 0 saturated heterocycles. The van der Waals surface area contributed by atoms with Gasteiger partial charge in [-0.3, -0.25) is 0 Å². The molecule has 1 aromatic rings. The van der Waals surface area contributed by atoms with E-state index in [0.29, 0.717) is 6.61 Å². The van der Waals surface area contributed by atoms with E-state index in [1.54, 1.807) is 0 Å². The highest BCUT2D eigenvalue weighted by molar-refractivity contribution is 9.10. The number of aryl methyl sites for hydroxylation is 1. The lowest BCUT2D eigenvalue weighted by Crippen LogP contribution is -2.13. The topological polar surface area (TPSA) is 34.1 Å². The summed E-state index contributed by atoms with van der Waals surface area (Å²) in [5.41, 5.74) is 2.24. The molecule has 1 N–H and O–H groups in total. The van der Waals surface area contributed by atoms with Gasteiger partial charge in [0.2, 0.25) is 0 Å². The highest BCUT2D eigenvalue weighted by Crippen LogP contribution is 2.30. The molecule has 14 heavy (non-hydrogen) atoms. The summed E-state index contributed by atoms with van der Waals surface area (Å²) in [7, 11) is 0. The monoisotopic (exact) mass is 256 g/mol. The third-order valence-corrected chi connectivity index (χ3v) is 2.80. The molecule has 0 aliphatic carbocycles. The van der Waals surface area contributed by atoms with Crippen molar-refractivity contribution in [1.29, 1.82) is 0 Å². The van der Waals surface area contributed by atoms with E-state index in [1.165, 1.54) is 0 Å². The fraction of sp³-hybridized carbons (Fsp3) is 0.500. The molecule has 0 unspecified atom stereocenters. The number of hydrogen-bond acceptors (Lipinski definition) is 3. The first-order valence-corrected chi connectivity index (χ1v) is 5.66. The van der Waals surface area contributed by atoms with E-state index < -0.39 is 0 Å². The Labute approximate surface area is 92.0 Å². The number of hydrogen-bond donors (Lipinski definition) is 1. The average molecular weight is 257 g/mol. The molecule has 0 aromatic carbocycles. The molecule has 0 radical (unpaired) electrons. The standard InChI is InChI=1S/C10H13BrN2O/c1-2-14-9-6-8-7(13-10(9)11)4-3-5-12-8/h6,12H,2-5H2,1H3. The van der Waals surface area contributed by atoms with Crippen LogP contribution in [0, 0.1) is 0 Å². The van der Waals surface area contributed by atoms with Crippen molar-refractivity contribution in [2.24, 2.45) is 0 Å². The van der Waals surface area contributed by atoms with Gasteiger partial charge in [0.15, 0.2) is 5.75 Å². The maximum atomic E-state index is 5.45. The number of anilines is 1. The number of rotatable bonds is 2. The smallest absolute Gasteiger partial charge is 0.154 e. The fourth-order valence-electron chi connectivity index (χ4n) is 1.59. The Morgan fingerprint density at radius 2 is 2.50 bits per heavy atom. The SMILES string of the molecule is CCOc1cc2c(nc1Br)CCCN2. The van der Waals surface area contributed by atoms with Gasteiger partial charge in [-0.05, 0) is 35.7 Å². The highest BCUT2D eigenvalue weighted by Gasteiger charge is 2.13. The number of fused-ring (bicyclic) bond motifs is 1. The Hall–Kier alpha value is -0.770. The summed E-state index contributed by atoms with van der Waals surface area (Å²) in [6, 6.07) is 2.02. The molecule has 4 heteroatoms. The molecule has 0 atom stereocenters. The van der Waals surface area contributed by atoms with Crippen LogP contribution in [0.1, 0.15) is 19.0 Å². The van der Waals surface area contributed by atoms with Crippen molar-refractivity contribution < 1.29 is 4.74 Å². The Morgan fingerprint density at radius 1 is 1.64 bits per heavy atom. The molecule has 0 spiro atoms. The van der Waals surface area contributed by atoms with Gasteiger partial charge in [0, 0.05) is 12.6 Å². The molecular formula is C10H13BrN2O. The highest BCUT2D eigenvalue weighted by atomic mass is 79.9. The Morgan fingerprint density at radius 3 is 3.29 bits per heavy atom. The number of halogens is 1. The Balaban J connectivity index is 2.35. The molecule has 0 amide bonds. The minimum absolute atomic E-state index is 0.666. The molecule has 2 rings (SSSR count). The second kappa shape index (κ2) is 4.17. The summed E-state index contributed by atoms with van der Waals surface area (Å²) in [6.45, 7) is 3.67. The largest absolute Gasteiger partial charge is 0.491 e. The van der Waals surface area contributed by atoms with E-state index in [4.69, 9.17) is 4.74 Å². The van der Waals surface area contributed by atoms with Crippen LogP contribution in [-0.4, -0.2) is 18.1 Å². The first kappa shape index (κ1) is 9.77. The van der Waals surface area contributed by atoms with Crippen LogP contribution in [0.25, 0.3) is 0 Å². The molecule has 0 saturated carbocycles. The normalized spacial score (nSPS) is 14.4. The minimum Gasteiger partial charge on any atom is -0.491 e. The summed E-state index contributed by atoms with van der Waals surface area (Å²) in [4.78, 5) is 4.46. The van der Waals surface area contributed by atoms with E-state index in [0.717, 1.165) is 41.1 Å². The van der Waals surface area contributed by atoms with Crippen LogP contribution in [0.5, 0.6) is 5.75 Å². The van der Waals surface area contributed by atoms with Crippen LogP contribution < -0.4 is 10.1 Å². The molecule has 0 fully saturated rings. The van der Waals surface area contributed by atoms with Crippen molar-refractivity contribution >= 4 is 21.6 Å². The Bertz CT molecular complexity index is 341. The van der Waals surface area contributed by atoms with Gasteiger partial charge in [0.1, 0.15) is 4.60 Å². The van der Waals surface area contributed by atoms with Gasteiger partial charge in [-0.25, -0.2) is 4.98 Å². The number of nitrogens with zero attached hydrogens (tertiary/aromatic N) is 1. The van der Waals surface area contributed by atoms with E-state index >= 15 is 0 Å². The van der Waals surface area contributed by atoms with Crippen LogP contribution in [0.2, 0.25) is 0 Å². The van der Waals surface area contributed by atoms with Crippen LogP contribution in [0.15, 0.2) is 10.7 Å². The number of nitrogens with one attached hydrogen (secondary N) is 1. The molecular weight excluding hydrogens is 244 g/mol. The summed E-state index contributed by atoms with van der Waals surface area (Å²) in [6.07, 6.45) is 2.20. The number of pyridine rings is 1. The lowest BCUT2D eigenvalue weighted by atomic mass is 10.1. The van der Waals surface area contributed by atoms with Crippen molar-refractivity contribution in [2.45, 2.75) is 19.8 Å². The maximum Gasteiger partial charge on any atom is 0.154 e. The van der Waals surface area contributed by atoms with Crippen molar-refractivity contribution in [2.75, 3.05) is 18.5 Å². The van der Waals surface area contributed by atoms with Crippen LogP contribution in [-0.2, 0) is 6.42 Å². The molecule has 2 heterocycles. The van der Waals surface area contributed by atoms with Gasteiger partial charge >= 0.3 is 0 Å². The van der Waals surface area contributed by atoms with Gasteiger partial charge < -0.3 is 10.1 Å². The van der Waals surface area contributed by atoms with Gasteiger partial charge in [0.25, 0.3) is 0 Å². The molecule has 0 bridgehead atoms. The van der Waals surface area contributed by atoms with E-state index in [-0.39, 0.29) is 0 Å². The van der Waals surface area contributed by atoms with Crippen molar-refractivity contribution in [3.8, 4) is 5.75 Å². The molecule has 1 aromatic heterocycles. The third kappa shape index (κ3) is 1.85. The van der Waals surface area contributed by atoms with Gasteiger partial charge in [-0.2, -0.15) is 0 Å². The predicted octanol–water partition coefficient (Wildman–Crippen LogP) is 2.60. The quantitative estimate of drug-likeness (QED) is 0.827. The van der Waals surface area contributed by atoms with Crippen molar-refractivity contribution in [1.82, 2.24) is 4.98 Å². The minimum atomic E-state index is 0.666. The summed E-state index contributed by atoms with van der Waals surface area (Å²) >= 11 is 3.41. The zero-order valence-electron chi connectivity index (χ0n) is 8.14. The van der Waals surface area contributed by atoms with Crippen LogP contribution in [0.3, 0.4) is 0 Å². The van der Waals surface area contributed by atoms with Gasteiger partial charge in [0.05, 0.1) is 18.0 Å². The third-order valence-electron chi connectivity index (χ3n) is 2.23. The Kier molecular flexibility index (Phi) is 2.91. The van der Waals surface area contributed by atoms with Crippen molar-refractivity contribution in [3.05, 3.63) is 16.4 Å². The van der Waals surface area contributed by atoms with Gasteiger partial charge in [-0.1, -0.05) is 0 Å².